The summed E-state index contributed by atoms with van der Waals surface area (Å²) in [7, 11) is 0. The molecule has 0 radical (unpaired) electrons. The summed E-state index contributed by atoms with van der Waals surface area (Å²) in [4.78, 5) is 14.0. The molecule has 3 nitrogen and oxygen atoms in total. The number of anilines is 1. The van der Waals surface area contributed by atoms with Crippen LogP contribution in [-0.4, -0.2) is 12.5 Å². The lowest BCUT2D eigenvalue weighted by Crippen LogP contribution is -2.32. The molecule has 1 aromatic carbocycles. The molecule has 1 heterocycles. The van der Waals surface area contributed by atoms with E-state index in [0.717, 1.165) is 24.2 Å². The molecule has 1 aromatic rings. The van der Waals surface area contributed by atoms with Gasteiger partial charge in [0.05, 0.1) is 0 Å². The number of fused-ring (bicyclic) bond motifs is 1. The number of hydrogen-bond donors (Lipinski definition) is 1. The maximum absolute atomic E-state index is 12.2. The Labute approximate surface area is 126 Å². The highest BCUT2D eigenvalue weighted by Crippen LogP contribution is 2.36. The van der Waals surface area contributed by atoms with E-state index in [1.54, 1.807) is 6.07 Å². The van der Waals surface area contributed by atoms with Crippen molar-refractivity contribution in [2.45, 2.75) is 51.5 Å². The summed E-state index contributed by atoms with van der Waals surface area (Å²) in [5.41, 5.74) is 7.76. The van der Waals surface area contributed by atoms with Crippen LogP contribution in [-0.2, 0) is 4.79 Å². The Balaban J connectivity index is 1.91. The van der Waals surface area contributed by atoms with Gasteiger partial charge in [0.15, 0.2) is 0 Å². The van der Waals surface area contributed by atoms with Crippen molar-refractivity contribution in [3.63, 3.8) is 0 Å². The Kier molecular flexibility index (Phi) is 5.44. The fourth-order valence-electron chi connectivity index (χ4n) is 2.72. The number of unbranched alkanes of at least 4 members (excludes halogenated alkanes) is 5. The lowest BCUT2D eigenvalue weighted by atomic mass is 10.1. The number of carbonyl (C=O) groups excluding carboxylic acids is 1. The molecule has 1 aliphatic heterocycles. The van der Waals surface area contributed by atoms with Crippen LogP contribution in [0.1, 0.15) is 57.1 Å². The second-order valence-corrected chi connectivity index (χ2v) is 5.87. The molecule has 1 amide bonds. The first kappa shape index (κ1) is 15.3. The Morgan fingerprint density at radius 3 is 2.65 bits per heavy atom. The van der Waals surface area contributed by atoms with E-state index < -0.39 is 6.04 Å². The zero-order valence-corrected chi connectivity index (χ0v) is 12.8. The molecule has 110 valence electrons. The van der Waals surface area contributed by atoms with E-state index in [9.17, 15) is 4.79 Å². The van der Waals surface area contributed by atoms with Gasteiger partial charge in [-0.05, 0) is 24.6 Å². The molecule has 0 aromatic heterocycles. The van der Waals surface area contributed by atoms with Crippen LogP contribution in [0.2, 0.25) is 5.02 Å². The van der Waals surface area contributed by atoms with Crippen molar-refractivity contribution in [3.05, 3.63) is 28.8 Å². The van der Waals surface area contributed by atoms with E-state index in [0.29, 0.717) is 5.02 Å². The molecular weight excluding hydrogens is 272 g/mol. The number of hydrogen-bond acceptors (Lipinski definition) is 2. The number of halogens is 1. The molecule has 0 bridgehead atoms. The smallest absolute Gasteiger partial charge is 0.248 e. The zero-order valence-electron chi connectivity index (χ0n) is 12.1. The van der Waals surface area contributed by atoms with Crippen LogP contribution in [0, 0.1) is 0 Å². The van der Waals surface area contributed by atoms with Gasteiger partial charge in [-0.25, -0.2) is 0 Å². The Hall–Kier alpha value is -1.06. The van der Waals surface area contributed by atoms with Gasteiger partial charge in [0, 0.05) is 22.8 Å². The first-order valence-electron chi connectivity index (χ1n) is 7.51. The van der Waals surface area contributed by atoms with Crippen LogP contribution < -0.4 is 10.6 Å². The van der Waals surface area contributed by atoms with E-state index >= 15 is 0 Å². The molecule has 0 spiro atoms. The monoisotopic (exact) mass is 294 g/mol. The van der Waals surface area contributed by atoms with E-state index in [-0.39, 0.29) is 5.91 Å². The normalized spacial score (nSPS) is 17.6. The number of nitrogens with two attached hydrogens (primary N) is 1. The molecule has 0 saturated carbocycles. The largest absolute Gasteiger partial charge is 0.316 e. The van der Waals surface area contributed by atoms with Crippen molar-refractivity contribution in [1.82, 2.24) is 0 Å². The fraction of sp³-hybridized carbons (Fsp3) is 0.562. The summed E-state index contributed by atoms with van der Waals surface area (Å²) in [6.07, 6.45) is 7.29. The third-order valence-electron chi connectivity index (χ3n) is 3.88. The van der Waals surface area contributed by atoms with Gasteiger partial charge in [0.2, 0.25) is 5.91 Å². The lowest BCUT2D eigenvalue weighted by molar-refractivity contribution is -0.119. The Morgan fingerprint density at radius 1 is 1.20 bits per heavy atom. The van der Waals surface area contributed by atoms with E-state index in [4.69, 9.17) is 17.3 Å². The van der Waals surface area contributed by atoms with Crippen LogP contribution in [0.3, 0.4) is 0 Å². The highest BCUT2D eigenvalue weighted by Gasteiger charge is 2.34. The van der Waals surface area contributed by atoms with Crippen molar-refractivity contribution in [2.75, 3.05) is 11.4 Å². The second-order valence-electron chi connectivity index (χ2n) is 5.44. The van der Waals surface area contributed by atoms with E-state index in [1.807, 2.05) is 17.0 Å². The van der Waals surface area contributed by atoms with Gasteiger partial charge in [0.25, 0.3) is 0 Å². The van der Waals surface area contributed by atoms with Crippen LogP contribution >= 0.6 is 11.6 Å². The van der Waals surface area contributed by atoms with Crippen molar-refractivity contribution < 1.29 is 4.79 Å². The van der Waals surface area contributed by atoms with Crippen LogP contribution in [0.4, 0.5) is 5.69 Å². The first-order valence-corrected chi connectivity index (χ1v) is 7.89. The molecule has 0 saturated heterocycles. The summed E-state index contributed by atoms with van der Waals surface area (Å²) >= 11 is 5.97. The van der Waals surface area contributed by atoms with E-state index in [2.05, 4.69) is 6.92 Å². The standard InChI is InChI=1S/C16H23ClN2O/c1-2-3-4-5-6-7-10-19-14-9-8-12(17)11-13(14)15(18)16(19)20/h8-9,11,15H,2-7,10,18H2,1H3. The van der Waals surface area contributed by atoms with Crippen molar-refractivity contribution in [3.8, 4) is 0 Å². The molecule has 2 rings (SSSR count). The van der Waals surface area contributed by atoms with Gasteiger partial charge < -0.3 is 10.6 Å². The quantitative estimate of drug-likeness (QED) is 0.771. The van der Waals surface area contributed by atoms with Crippen LogP contribution in [0.5, 0.6) is 0 Å². The first-order chi connectivity index (χ1) is 9.65. The molecule has 1 unspecified atom stereocenters. The van der Waals surface area contributed by atoms with E-state index in [1.165, 1.54) is 32.1 Å². The van der Waals surface area contributed by atoms with Gasteiger partial charge in [-0.15, -0.1) is 0 Å². The summed E-state index contributed by atoms with van der Waals surface area (Å²) in [6, 6.07) is 4.98. The molecule has 1 atom stereocenters. The highest BCUT2D eigenvalue weighted by molar-refractivity contribution is 6.31. The maximum Gasteiger partial charge on any atom is 0.248 e. The third-order valence-corrected chi connectivity index (χ3v) is 4.12. The van der Waals surface area contributed by atoms with Crippen molar-refractivity contribution >= 4 is 23.2 Å². The zero-order chi connectivity index (χ0) is 14.5. The average molecular weight is 295 g/mol. The average Bonchev–Trinajstić information content (AvgIpc) is 2.67. The molecule has 2 N–H and O–H groups in total. The third kappa shape index (κ3) is 3.33. The SMILES string of the molecule is CCCCCCCCN1C(=O)C(N)c2cc(Cl)ccc21. The van der Waals surface area contributed by atoms with Gasteiger partial charge in [-0.3, -0.25) is 4.79 Å². The predicted octanol–water partition coefficient (Wildman–Crippen LogP) is 4.05. The van der Waals surface area contributed by atoms with Crippen LogP contribution in [0.25, 0.3) is 0 Å². The van der Waals surface area contributed by atoms with Gasteiger partial charge in [-0.1, -0.05) is 50.6 Å². The molecule has 0 aliphatic carbocycles. The minimum Gasteiger partial charge on any atom is -0.316 e. The number of benzene rings is 1. The molecule has 1 aliphatic rings. The Bertz CT molecular complexity index is 476. The van der Waals surface area contributed by atoms with Gasteiger partial charge in [0.1, 0.15) is 6.04 Å². The summed E-state index contributed by atoms with van der Waals surface area (Å²) < 4.78 is 0. The van der Waals surface area contributed by atoms with Gasteiger partial charge in [-0.2, -0.15) is 0 Å². The lowest BCUT2D eigenvalue weighted by Gasteiger charge is -2.17. The molecular formula is C16H23ClN2O. The van der Waals surface area contributed by atoms with Gasteiger partial charge >= 0.3 is 0 Å². The summed E-state index contributed by atoms with van der Waals surface area (Å²) in [6.45, 7) is 2.97. The number of rotatable bonds is 7. The molecule has 4 heteroatoms. The Morgan fingerprint density at radius 2 is 1.90 bits per heavy atom. The number of carbonyl (C=O) groups is 1. The second kappa shape index (κ2) is 7.09. The summed E-state index contributed by atoms with van der Waals surface area (Å²) in [5.74, 6) is -0.00387. The predicted molar refractivity (Wildman–Crippen MR) is 84.1 cm³/mol. The maximum atomic E-state index is 12.2. The fourth-order valence-corrected chi connectivity index (χ4v) is 2.90. The van der Waals surface area contributed by atoms with Crippen molar-refractivity contribution in [2.24, 2.45) is 5.73 Å². The highest BCUT2D eigenvalue weighted by atomic mass is 35.5. The van der Waals surface area contributed by atoms with Crippen LogP contribution in [0.15, 0.2) is 18.2 Å². The minimum atomic E-state index is -0.552. The molecule has 0 fully saturated rings. The van der Waals surface area contributed by atoms with Crippen molar-refractivity contribution in [1.29, 1.82) is 0 Å². The number of amides is 1. The summed E-state index contributed by atoms with van der Waals surface area (Å²) in [5, 5.41) is 0.633. The molecule has 20 heavy (non-hydrogen) atoms. The minimum absolute atomic E-state index is 0.00387. The topological polar surface area (TPSA) is 46.3 Å². The number of nitrogens with zero attached hydrogens (tertiary/aromatic N) is 1.